The van der Waals surface area contributed by atoms with E-state index in [0.29, 0.717) is 30.8 Å². The fourth-order valence-electron chi connectivity index (χ4n) is 1.23. The molecule has 0 saturated carbocycles. The maximum Gasteiger partial charge on any atom is 0.219 e. The Kier molecular flexibility index (Phi) is 5.05. The van der Waals surface area contributed by atoms with Gasteiger partial charge in [-0.15, -0.1) is 0 Å². The van der Waals surface area contributed by atoms with Crippen LogP contribution in [0.25, 0.3) is 0 Å². The molecule has 0 spiro atoms. The van der Waals surface area contributed by atoms with Crippen LogP contribution in [0.3, 0.4) is 0 Å². The van der Waals surface area contributed by atoms with Gasteiger partial charge in [-0.3, -0.25) is 9.59 Å². The zero-order valence-corrected chi connectivity index (χ0v) is 9.23. The molecule has 1 aromatic rings. The van der Waals surface area contributed by atoms with Gasteiger partial charge in [0.05, 0.1) is 6.61 Å². The molecule has 0 bridgehead atoms. The minimum absolute atomic E-state index is 0.00485. The summed E-state index contributed by atoms with van der Waals surface area (Å²) in [5.74, 6) is 0.659. The highest BCUT2D eigenvalue weighted by atomic mass is 16.5. The molecule has 1 amide bonds. The lowest BCUT2D eigenvalue weighted by Crippen LogP contribution is -2.18. The molecular weight excluding hydrogens is 206 g/mol. The molecule has 0 aliphatic carbocycles. The second-order valence-electron chi connectivity index (χ2n) is 3.32. The first-order valence-electron chi connectivity index (χ1n) is 5.15. The molecule has 1 aromatic carbocycles. The van der Waals surface area contributed by atoms with Crippen LogP contribution in [-0.2, 0) is 4.79 Å². The number of ether oxygens (including phenoxy) is 1. The van der Waals surface area contributed by atoms with Gasteiger partial charge in [0.1, 0.15) is 12.0 Å². The summed E-state index contributed by atoms with van der Waals surface area (Å²) in [4.78, 5) is 21.4. The molecule has 0 radical (unpaired) electrons. The lowest BCUT2D eigenvalue weighted by molar-refractivity contribution is -0.120. The predicted octanol–water partition coefficient (Wildman–Crippen LogP) is 1.40. The molecule has 1 rings (SSSR count). The minimum atomic E-state index is 0.00485. The number of benzene rings is 1. The number of hydrogen-bond acceptors (Lipinski definition) is 3. The quantitative estimate of drug-likeness (QED) is 0.583. The van der Waals surface area contributed by atoms with Crippen molar-refractivity contribution in [3.63, 3.8) is 0 Å². The van der Waals surface area contributed by atoms with E-state index < -0.39 is 0 Å². The van der Waals surface area contributed by atoms with Gasteiger partial charge in [-0.05, 0) is 18.6 Å². The van der Waals surface area contributed by atoms with Crippen LogP contribution >= 0.6 is 0 Å². The van der Waals surface area contributed by atoms with E-state index in [1.807, 2.05) is 0 Å². The van der Waals surface area contributed by atoms with E-state index >= 15 is 0 Å². The number of amides is 1. The number of nitrogens with one attached hydrogen (secondary N) is 1. The number of rotatable bonds is 6. The summed E-state index contributed by atoms with van der Waals surface area (Å²) >= 11 is 0. The fraction of sp³-hybridized carbons (Fsp3) is 0.333. The molecule has 0 fully saturated rings. The summed E-state index contributed by atoms with van der Waals surface area (Å²) in [5, 5.41) is 2.54. The first-order chi connectivity index (χ1) is 7.76. The van der Waals surface area contributed by atoms with Gasteiger partial charge in [0.2, 0.25) is 5.91 Å². The molecular formula is C12H15NO3. The van der Waals surface area contributed by atoms with E-state index in [1.165, 1.54) is 0 Å². The van der Waals surface area contributed by atoms with Crippen LogP contribution in [0.4, 0.5) is 0 Å². The summed E-state index contributed by atoms with van der Waals surface area (Å²) in [6.07, 6.45) is 1.88. The summed E-state index contributed by atoms with van der Waals surface area (Å²) < 4.78 is 5.40. The van der Waals surface area contributed by atoms with Crippen molar-refractivity contribution in [3.8, 4) is 5.75 Å². The maximum absolute atomic E-state index is 10.9. The third kappa shape index (κ3) is 4.13. The number of aldehydes is 1. The zero-order chi connectivity index (χ0) is 11.8. The molecule has 0 saturated heterocycles. The van der Waals surface area contributed by atoms with Crippen LogP contribution in [0, 0.1) is 0 Å². The van der Waals surface area contributed by atoms with Crippen molar-refractivity contribution < 1.29 is 14.3 Å². The van der Waals surface area contributed by atoms with E-state index in [-0.39, 0.29) is 5.91 Å². The van der Waals surface area contributed by atoms with Gasteiger partial charge >= 0.3 is 0 Å². The van der Waals surface area contributed by atoms with E-state index in [4.69, 9.17) is 4.74 Å². The Bertz CT molecular complexity index is 363. The molecule has 0 atom stereocenters. The van der Waals surface area contributed by atoms with Crippen molar-refractivity contribution in [2.24, 2.45) is 0 Å². The second-order valence-corrected chi connectivity index (χ2v) is 3.32. The third-order valence-electron chi connectivity index (χ3n) is 2.09. The number of carbonyl (C=O) groups excluding carboxylic acids is 2. The van der Waals surface area contributed by atoms with Crippen molar-refractivity contribution in [2.75, 3.05) is 13.7 Å². The van der Waals surface area contributed by atoms with Crippen LogP contribution in [-0.4, -0.2) is 25.8 Å². The third-order valence-corrected chi connectivity index (χ3v) is 2.09. The summed E-state index contributed by atoms with van der Waals surface area (Å²) in [7, 11) is 1.61. The molecule has 4 nitrogen and oxygen atoms in total. The van der Waals surface area contributed by atoms with Crippen molar-refractivity contribution >= 4 is 12.2 Å². The van der Waals surface area contributed by atoms with Crippen LogP contribution in [0.2, 0.25) is 0 Å². The van der Waals surface area contributed by atoms with Gasteiger partial charge in [0, 0.05) is 19.0 Å². The zero-order valence-electron chi connectivity index (χ0n) is 9.23. The molecule has 1 N–H and O–H groups in total. The molecule has 0 aliphatic rings. The first kappa shape index (κ1) is 12.2. The van der Waals surface area contributed by atoms with Gasteiger partial charge in [0.15, 0.2) is 0 Å². The van der Waals surface area contributed by atoms with Crippen molar-refractivity contribution in [2.45, 2.75) is 12.8 Å². The molecule has 4 heteroatoms. The summed E-state index contributed by atoms with van der Waals surface area (Å²) in [6, 6.07) is 6.93. The van der Waals surface area contributed by atoms with E-state index in [0.717, 1.165) is 6.29 Å². The van der Waals surface area contributed by atoms with Crippen LogP contribution in [0.1, 0.15) is 23.2 Å². The van der Waals surface area contributed by atoms with Gasteiger partial charge in [0.25, 0.3) is 0 Å². The highest BCUT2D eigenvalue weighted by Gasteiger charge is 1.99. The Balaban J connectivity index is 2.31. The fourth-order valence-corrected chi connectivity index (χ4v) is 1.23. The highest BCUT2D eigenvalue weighted by molar-refractivity contribution is 5.75. The van der Waals surface area contributed by atoms with Gasteiger partial charge < -0.3 is 10.1 Å². The average molecular weight is 221 g/mol. The Morgan fingerprint density at radius 3 is 3.00 bits per heavy atom. The van der Waals surface area contributed by atoms with E-state index in [9.17, 15) is 9.59 Å². The predicted molar refractivity (Wildman–Crippen MR) is 60.6 cm³/mol. The Morgan fingerprint density at radius 2 is 2.31 bits per heavy atom. The standard InChI is InChI=1S/C12H15NO3/c1-13-12(15)6-3-7-16-11-5-2-4-10(8-11)9-14/h2,4-5,8-9H,3,6-7H2,1H3,(H,13,15). The van der Waals surface area contributed by atoms with E-state index in [1.54, 1.807) is 31.3 Å². The van der Waals surface area contributed by atoms with Crippen molar-refractivity contribution in [1.82, 2.24) is 5.32 Å². The minimum Gasteiger partial charge on any atom is -0.494 e. The van der Waals surface area contributed by atoms with Crippen LogP contribution in [0.5, 0.6) is 5.75 Å². The molecule has 0 unspecified atom stereocenters. The highest BCUT2D eigenvalue weighted by Crippen LogP contribution is 2.12. The van der Waals surface area contributed by atoms with Crippen molar-refractivity contribution in [1.29, 1.82) is 0 Å². The lowest BCUT2D eigenvalue weighted by Gasteiger charge is -2.05. The molecule has 0 heterocycles. The number of hydrogen-bond donors (Lipinski definition) is 1. The van der Waals surface area contributed by atoms with Crippen LogP contribution in [0.15, 0.2) is 24.3 Å². The average Bonchev–Trinajstić information content (AvgIpc) is 2.34. The Labute approximate surface area is 94.6 Å². The van der Waals surface area contributed by atoms with Crippen molar-refractivity contribution in [3.05, 3.63) is 29.8 Å². The molecule has 0 aliphatic heterocycles. The number of carbonyl (C=O) groups is 2. The van der Waals surface area contributed by atoms with Gasteiger partial charge in [-0.1, -0.05) is 12.1 Å². The van der Waals surface area contributed by atoms with E-state index in [2.05, 4.69) is 5.32 Å². The first-order valence-corrected chi connectivity index (χ1v) is 5.15. The summed E-state index contributed by atoms with van der Waals surface area (Å²) in [6.45, 7) is 0.468. The molecule has 86 valence electrons. The van der Waals surface area contributed by atoms with Crippen LogP contribution < -0.4 is 10.1 Å². The van der Waals surface area contributed by atoms with Gasteiger partial charge in [-0.25, -0.2) is 0 Å². The topological polar surface area (TPSA) is 55.4 Å². The Morgan fingerprint density at radius 1 is 1.50 bits per heavy atom. The molecule has 0 aromatic heterocycles. The monoisotopic (exact) mass is 221 g/mol. The lowest BCUT2D eigenvalue weighted by atomic mass is 10.2. The van der Waals surface area contributed by atoms with Gasteiger partial charge in [-0.2, -0.15) is 0 Å². The second kappa shape index (κ2) is 6.61. The smallest absolute Gasteiger partial charge is 0.219 e. The largest absolute Gasteiger partial charge is 0.494 e. The molecule has 16 heavy (non-hydrogen) atoms. The SMILES string of the molecule is CNC(=O)CCCOc1cccc(C=O)c1. The summed E-state index contributed by atoms with van der Waals surface area (Å²) in [5.41, 5.74) is 0.587. The normalized spacial score (nSPS) is 9.56. The maximum atomic E-state index is 10.9. The Hall–Kier alpha value is -1.84.